The quantitative estimate of drug-likeness (QED) is 0.297. The summed E-state index contributed by atoms with van der Waals surface area (Å²) in [6, 6.07) is 3.77. The lowest BCUT2D eigenvalue weighted by Crippen LogP contribution is -2.29. The number of aromatic nitrogens is 1. The van der Waals surface area contributed by atoms with Crippen molar-refractivity contribution in [3.63, 3.8) is 0 Å². The molecule has 0 saturated heterocycles. The number of carbonyl (C=O) groups is 1. The van der Waals surface area contributed by atoms with Crippen molar-refractivity contribution in [2.75, 3.05) is 6.61 Å². The van der Waals surface area contributed by atoms with Gasteiger partial charge < -0.3 is 15.1 Å². The number of non-ortho nitro benzene ring substituents is 1. The minimum Gasteiger partial charge on any atom is -0.618 e. The van der Waals surface area contributed by atoms with Crippen LogP contribution in [0.1, 0.15) is 17.3 Å². The van der Waals surface area contributed by atoms with Gasteiger partial charge in [-0.3, -0.25) is 10.1 Å². The van der Waals surface area contributed by atoms with Crippen LogP contribution in [-0.2, 0) is 4.74 Å². The summed E-state index contributed by atoms with van der Waals surface area (Å²) in [7, 11) is 0. The van der Waals surface area contributed by atoms with Gasteiger partial charge in [-0.2, -0.15) is 4.73 Å². The van der Waals surface area contributed by atoms with Crippen LogP contribution in [0.5, 0.6) is 5.75 Å². The summed E-state index contributed by atoms with van der Waals surface area (Å²) in [4.78, 5) is 21.8. The molecule has 0 spiro atoms. The lowest BCUT2D eigenvalue weighted by atomic mass is 10.1. The molecule has 20 heavy (non-hydrogen) atoms. The molecule has 0 saturated carbocycles. The van der Waals surface area contributed by atoms with E-state index in [4.69, 9.17) is 4.74 Å². The maximum Gasteiger partial charge on any atom is 0.348 e. The number of ether oxygens (including phenoxy) is 1. The molecule has 1 N–H and O–H groups in total. The van der Waals surface area contributed by atoms with Crippen molar-refractivity contribution in [3.8, 4) is 5.75 Å². The number of para-hydroxylation sites is 1. The Bertz CT molecular complexity index is 713. The number of carbonyl (C=O) groups excluding carboxylic acids is 1. The molecule has 0 atom stereocenters. The molecule has 0 fully saturated rings. The summed E-state index contributed by atoms with van der Waals surface area (Å²) in [5.74, 6) is -1.39. The maximum absolute atomic E-state index is 11.9. The van der Waals surface area contributed by atoms with Gasteiger partial charge in [-0.05, 0) is 13.0 Å². The third-order valence-electron chi connectivity index (χ3n) is 2.68. The van der Waals surface area contributed by atoms with Gasteiger partial charge in [-0.1, -0.05) is 6.07 Å². The highest BCUT2D eigenvalue weighted by Gasteiger charge is 2.27. The highest BCUT2D eigenvalue weighted by molar-refractivity contribution is 6.00. The zero-order chi connectivity index (χ0) is 14.9. The molecule has 8 nitrogen and oxygen atoms in total. The summed E-state index contributed by atoms with van der Waals surface area (Å²) >= 11 is 0. The number of esters is 1. The van der Waals surface area contributed by atoms with Gasteiger partial charge in [0.05, 0.1) is 16.9 Å². The number of nitro groups is 1. The Labute approximate surface area is 112 Å². The fraction of sp³-hybridized carbons (Fsp3) is 0.167. The van der Waals surface area contributed by atoms with E-state index < -0.39 is 22.3 Å². The monoisotopic (exact) mass is 278 g/mol. The Balaban J connectivity index is 2.78. The Morgan fingerprint density at radius 2 is 2.20 bits per heavy atom. The first kappa shape index (κ1) is 13.5. The molecule has 2 rings (SSSR count). The summed E-state index contributed by atoms with van der Waals surface area (Å²) < 4.78 is 4.89. The predicted molar refractivity (Wildman–Crippen MR) is 67.2 cm³/mol. The number of pyridine rings is 1. The van der Waals surface area contributed by atoms with Crippen molar-refractivity contribution >= 4 is 22.6 Å². The van der Waals surface area contributed by atoms with Crippen LogP contribution in [0.15, 0.2) is 24.4 Å². The van der Waals surface area contributed by atoms with Crippen molar-refractivity contribution in [1.29, 1.82) is 0 Å². The summed E-state index contributed by atoms with van der Waals surface area (Å²) in [5, 5.41) is 32.7. The Morgan fingerprint density at radius 3 is 2.80 bits per heavy atom. The van der Waals surface area contributed by atoms with E-state index in [0.717, 1.165) is 12.3 Å². The minimum atomic E-state index is -0.872. The normalized spacial score (nSPS) is 10.4. The second-order valence-corrected chi connectivity index (χ2v) is 3.87. The van der Waals surface area contributed by atoms with E-state index in [1.165, 1.54) is 12.1 Å². The van der Waals surface area contributed by atoms with E-state index in [0.29, 0.717) is 0 Å². The van der Waals surface area contributed by atoms with Gasteiger partial charge in [0.1, 0.15) is 0 Å². The molecule has 1 aromatic carbocycles. The number of hydrogen-bond donors (Lipinski definition) is 1. The van der Waals surface area contributed by atoms with Gasteiger partial charge in [0, 0.05) is 6.07 Å². The van der Waals surface area contributed by atoms with E-state index in [2.05, 4.69) is 0 Å². The largest absolute Gasteiger partial charge is 0.618 e. The standard InChI is InChI=1S/C12H10N2O6/c1-2-20-12(16)8-6-13(17)10-7(11(8)15)4-3-5-9(10)14(18)19/h3-6,15H,2H2,1H3. The van der Waals surface area contributed by atoms with Crippen LogP contribution in [-0.4, -0.2) is 22.6 Å². The van der Waals surface area contributed by atoms with E-state index in [9.17, 15) is 25.2 Å². The molecule has 2 aromatic rings. The third kappa shape index (κ3) is 2.07. The summed E-state index contributed by atoms with van der Waals surface area (Å²) in [6.07, 6.45) is 0.767. The van der Waals surface area contributed by atoms with Gasteiger partial charge in [0.2, 0.25) is 0 Å². The molecule has 0 radical (unpaired) electrons. The second kappa shape index (κ2) is 5.00. The fourth-order valence-electron chi connectivity index (χ4n) is 1.85. The minimum absolute atomic E-state index is 0.0735. The molecule has 8 heteroatoms. The van der Waals surface area contributed by atoms with Crippen LogP contribution < -0.4 is 4.73 Å². The molecule has 0 unspecified atom stereocenters. The van der Waals surface area contributed by atoms with Crippen LogP contribution in [0.3, 0.4) is 0 Å². The number of fused-ring (bicyclic) bond motifs is 1. The maximum atomic E-state index is 11.9. The molecule has 0 aliphatic rings. The van der Waals surface area contributed by atoms with Crippen molar-refractivity contribution in [3.05, 3.63) is 45.3 Å². The molecule has 0 amide bonds. The van der Waals surface area contributed by atoms with Crippen LogP contribution in [0.25, 0.3) is 10.9 Å². The Morgan fingerprint density at radius 1 is 1.50 bits per heavy atom. The molecule has 0 bridgehead atoms. The first-order valence-electron chi connectivity index (χ1n) is 5.66. The molecule has 104 valence electrons. The average molecular weight is 278 g/mol. The number of hydrogen-bond acceptors (Lipinski definition) is 6. The zero-order valence-electron chi connectivity index (χ0n) is 10.4. The van der Waals surface area contributed by atoms with E-state index in [-0.39, 0.29) is 27.8 Å². The Kier molecular flexibility index (Phi) is 3.38. The lowest BCUT2D eigenvalue weighted by molar-refractivity contribution is -0.580. The van der Waals surface area contributed by atoms with Crippen molar-refractivity contribution in [2.24, 2.45) is 0 Å². The van der Waals surface area contributed by atoms with Crippen molar-refractivity contribution in [2.45, 2.75) is 6.92 Å². The molecular weight excluding hydrogens is 268 g/mol. The number of nitrogens with zero attached hydrogens (tertiary/aromatic N) is 2. The zero-order valence-corrected chi connectivity index (χ0v) is 10.4. The molecule has 0 aliphatic heterocycles. The predicted octanol–water partition coefficient (Wildman–Crippen LogP) is 1.26. The highest BCUT2D eigenvalue weighted by Crippen LogP contribution is 2.31. The fourth-order valence-corrected chi connectivity index (χ4v) is 1.85. The van der Waals surface area contributed by atoms with Gasteiger partial charge in [-0.15, -0.1) is 0 Å². The van der Waals surface area contributed by atoms with Crippen LogP contribution in [0.2, 0.25) is 0 Å². The Hall–Kier alpha value is -2.90. The van der Waals surface area contributed by atoms with E-state index in [1.54, 1.807) is 6.92 Å². The number of rotatable bonds is 3. The number of aromatic hydroxyl groups is 1. The highest BCUT2D eigenvalue weighted by atomic mass is 16.6. The first-order chi connectivity index (χ1) is 9.47. The van der Waals surface area contributed by atoms with Crippen molar-refractivity contribution in [1.82, 2.24) is 0 Å². The summed E-state index contributed by atoms with van der Waals surface area (Å²) in [5.41, 5.74) is -1.11. The third-order valence-corrected chi connectivity index (χ3v) is 2.68. The number of benzene rings is 1. The second-order valence-electron chi connectivity index (χ2n) is 3.87. The first-order valence-corrected chi connectivity index (χ1v) is 5.66. The topological polar surface area (TPSA) is 117 Å². The molecule has 0 aliphatic carbocycles. The molecule has 1 heterocycles. The van der Waals surface area contributed by atoms with E-state index in [1.807, 2.05) is 0 Å². The molecular formula is C12H10N2O6. The van der Waals surface area contributed by atoms with Gasteiger partial charge in [-0.25, -0.2) is 4.79 Å². The molecule has 1 aromatic heterocycles. The van der Waals surface area contributed by atoms with E-state index >= 15 is 0 Å². The van der Waals surface area contributed by atoms with Crippen molar-refractivity contribution < 1.29 is 24.3 Å². The number of nitro benzene ring substituents is 1. The van der Waals surface area contributed by atoms with Crippen LogP contribution in [0, 0.1) is 15.3 Å². The van der Waals surface area contributed by atoms with Gasteiger partial charge >= 0.3 is 17.2 Å². The van der Waals surface area contributed by atoms with Crippen LogP contribution in [0.4, 0.5) is 5.69 Å². The summed E-state index contributed by atoms with van der Waals surface area (Å²) in [6.45, 7) is 1.65. The van der Waals surface area contributed by atoms with Gasteiger partial charge in [0.15, 0.2) is 17.5 Å². The average Bonchev–Trinajstić information content (AvgIpc) is 2.42. The smallest absolute Gasteiger partial charge is 0.348 e. The lowest BCUT2D eigenvalue weighted by Gasteiger charge is -2.08. The SMILES string of the molecule is CCOC(=O)c1c[n+]([O-])c2c([N+](=O)[O-])cccc2c1O. The van der Waals surface area contributed by atoms with Gasteiger partial charge in [0.25, 0.3) is 0 Å². The van der Waals surface area contributed by atoms with Crippen LogP contribution >= 0.6 is 0 Å².